The largest absolute Gasteiger partial charge is 0.494 e. The molecule has 31 heavy (non-hydrogen) atoms. The van der Waals surface area contributed by atoms with E-state index in [9.17, 15) is 19.5 Å². The lowest BCUT2D eigenvalue weighted by Gasteiger charge is -2.12. The Bertz CT molecular complexity index is 1420. The summed E-state index contributed by atoms with van der Waals surface area (Å²) in [5.41, 5.74) is -1.25. The summed E-state index contributed by atoms with van der Waals surface area (Å²) in [6.07, 6.45) is 0. The Balaban J connectivity index is 1.72. The predicted octanol–water partition coefficient (Wildman–Crippen LogP) is 2.43. The van der Waals surface area contributed by atoms with Crippen LogP contribution in [0.4, 0.5) is 0 Å². The van der Waals surface area contributed by atoms with Gasteiger partial charge in [0.05, 0.1) is 17.3 Å². The molecule has 10 heteroatoms. The lowest BCUT2D eigenvalue weighted by molar-refractivity contribution is 0.103. The predicted molar refractivity (Wildman–Crippen MR) is 115 cm³/mol. The highest BCUT2D eigenvalue weighted by molar-refractivity contribution is 7.20. The van der Waals surface area contributed by atoms with Crippen LogP contribution in [0.1, 0.15) is 15.9 Å². The minimum atomic E-state index is -0.889. The van der Waals surface area contributed by atoms with E-state index >= 15 is 0 Å². The van der Waals surface area contributed by atoms with Gasteiger partial charge in [-0.2, -0.15) is 0 Å². The molecule has 0 fully saturated rings. The number of carbonyl (C=O) groups is 1. The standard InChI is InChI=1S/C21H17N3O6S/c1-23-18(26)16(19(27)24(2)21(23)28)17(25)11-8-9-13(14(10-11)29-3)30-20-22-12-6-4-5-7-15(12)31-20/h4-10,26H,1-3H3. The van der Waals surface area contributed by atoms with E-state index < -0.39 is 28.5 Å². The van der Waals surface area contributed by atoms with Gasteiger partial charge >= 0.3 is 5.69 Å². The van der Waals surface area contributed by atoms with Gasteiger partial charge in [0.15, 0.2) is 11.5 Å². The molecule has 0 saturated carbocycles. The number of aromatic hydroxyl groups is 1. The number of benzene rings is 2. The summed E-state index contributed by atoms with van der Waals surface area (Å²) in [6, 6.07) is 11.9. The van der Waals surface area contributed by atoms with Gasteiger partial charge < -0.3 is 14.6 Å². The summed E-state index contributed by atoms with van der Waals surface area (Å²) < 4.78 is 13.7. The van der Waals surface area contributed by atoms with E-state index in [-0.39, 0.29) is 11.3 Å². The van der Waals surface area contributed by atoms with Crippen LogP contribution < -0.4 is 20.7 Å². The molecule has 0 spiro atoms. The van der Waals surface area contributed by atoms with E-state index in [1.807, 2.05) is 24.3 Å². The lowest BCUT2D eigenvalue weighted by atomic mass is 10.0. The molecule has 0 aliphatic rings. The van der Waals surface area contributed by atoms with Crippen molar-refractivity contribution in [2.45, 2.75) is 0 Å². The van der Waals surface area contributed by atoms with Crippen molar-refractivity contribution in [1.82, 2.24) is 14.1 Å². The minimum absolute atomic E-state index is 0.0829. The molecule has 4 rings (SSSR count). The second kappa shape index (κ2) is 7.73. The number of nitrogens with zero attached hydrogens (tertiary/aromatic N) is 3. The smallest absolute Gasteiger partial charge is 0.333 e. The van der Waals surface area contributed by atoms with E-state index in [0.29, 0.717) is 10.9 Å². The molecule has 0 unspecified atom stereocenters. The van der Waals surface area contributed by atoms with Gasteiger partial charge in [-0.1, -0.05) is 23.5 Å². The van der Waals surface area contributed by atoms with Crippen LogP contribution in [-0.2, 0) is 14.1 Å². The fourth-order valence-electron chi connectivity index (χ4n) is 3.06. The summed E-state index contributed by atoms with van der Waals surface area (Å²) in [7, 11) is 3.91. The normalized spacial score (nSPS) is 10.9. The molecule has 1 N–H and O–H groups in total. The molecule has 9 nitrogen and oxygen atoms in total. The van der Waals surface area contributed by atoms with Gasteiger partial charge in [-0.15, -0.1) is 0 Å². The van der Waals surface area contributed by atoms with Gasteiger partial charge in [0.25, 0.3) is 10.8 Å². The van der Waals surface area contributed by atoms with Crippen molar-refractivity contribution >= 4 is 27.3 Å². The highest BCUT2D eigenvalue weighted by Crippen LogP contribution is 2.36. The maximum Gasteiger partial charge on any atom is 0.333 e. The summed E-state index contributed by atoms with van der Waals surface area (Å²) in [5, 5.41) is 10.6. The number of rotatable bonds is 5. The first-order valence-electron chi connectivity index (χ1n) is 9.07. The molecule has 2 heterocycles. The minimum Gasteiger partial charge on any atom is -0.494 e. The van der Waals surface area contributed by atoms with Gasteiger partial charge in [0.2, 0.25) is 11.7 Å². The van der Waals surface area contributed by atoms with Crippen molar-refractivity contribution < 1.29 is 19.4 Å². The Morgan fingerprint density at radius 2 is 1.81 bits per heavy atom. The maximum absolute atomic E-state index is 13.0. The number of ketones is 1. The average Bonchev–Trinajstić information content (AvgIpc) is 3.19. The van der Waals surface area contributed by atoms with Gasteiger partial charge in [-0.25, -0.2) is 9.78 Å². The number of hydrogen-bond donors (Lipinski definition) is 1. The summed E-state index contributed by atoms with van der Waals surface area (Å²) >= 11 is 1.36. The molecule has 4 aromatic rings. The van der Waals surface area contributed by atoms with Gasteiger partial charge in [-0.3, -0.25) is 18.7 Å². The van der Waals surface area contributed by atoms with Crippen molar-refractivity contribution in [3.05, 3.63) is 74.4 Å². The van der Waals surface area contributed by atoms with Crippen LogP contribution in [0.5, 0.6) is 22.6 Å². The molecule has 158 valence electrons. The van der Waals surface area contributed by atoms with Crippen molar-refractivity contribution in [2.24, 2.45) is 14.1 Å². The number of carbonyl (C=O) groups excluding carboxylic acids is 1. The van der Waals surface area contributed by atoms with E-state index in [2.05, 4.69) is 4.98 Å². The first kappa shape index (κ1) is 20.4. The number of fused-ring (bicyclic) bond motifs is 1. The van der Waals surface area contributed by atoms with Gasteiger partial charge in [0.1, 0.15) is 5.56 Å². The molecule has 0 saturated heterocycles. The van der Waals surface area contributed by atoms with Gasteiger partial charge in [0, 0.05) is 19.7 Å². The quantitative estimate of drug-likeness (QED) is 0.475. The van der Waals surface area contributed by atoms with Crippen LogP contribution in [0.3, 0.4) is 0 Å². The molecule has 0 amide bonds. The van der Waals surface area contributed by atoms with Crippen LogP contribution in [0.2, 0.25) is 0 Å². The van der Waals surface area contributed by atoms with Crippen molar-refractivity contribution in [3.63, 3.8) is 0 Å². The first-order valence-corrected chi connectivity index (χ1v) is 9.88. The van der Waals surface area contributed by atoms with Crippen LogP contribution >= 0.6 is 11.3 Å². The molecule has 0 aliphatic heterocycles. The number of methoxy groups -OCH3 is 1. The Hall–Kier alpha value is -3.92. The molecule has 2 aromatic carbocycles. The van der Waals surface area contributed by atoms with Crippen molar-refractivity contribution in [3.8, 4) is 22.6 Å². The monoisotopic (exact) mass is 439 g/mol. The number of hydrogen-bond acceptors (Lipinski definition) is 8. The second-order valence-electron chi connectivity index (χ2n) is 6.65. The van der Waals surface area contributed by atoms with Crippen molar-refractivity contribution in [1.29, 1.82) is 0 Å². The Morgan fingerprint density at radius 1 is 1.06 bits per heavy atom. The number of para-hydroxylation sites is 1. The van der Waals surface area contributed by atoms with Crippen LogP contribution in [-0.4, -0.2) is 32.1 Å². The number of thiazole rings is 1. The van der Waals surface area contributed by atoms with Crippen LogP contribution in [0.25, 0.3) is 10.2 Å². The maximum atomic E-state index is 13.0. The number of ether oxygens (including phenoxy) is 2. The summed E-state index contributed by atoms with van der Waals surface area (Å²) in [6.45, 7) is 0. The average molecular weight is 439 g/mol. The zero-order chi connectivity index (χ0) is 22.3. The van der Waals surface area contributed by atoms with E-state index in [1.54, 1.807) is 0 Å². The fraction of sp³-hybridized carbons (Fsp3) is 0.143. The fourth-order valence-corrected chi connectivity index (χ4v) is 3.89. The van der Waals surface area contributed by atoms with Crippen LogP contribution in [0.15, 0.2) is 52.1 Å². The zero-order valence-corrected chi connectivity index (χ0v) is 17.6. The number of aromatic nitrogens is 3. The van der Waals surface area contributed by atoms with Crippen molar-refractivity contribution in [2.75, 3.05) is 7.11 Å². The third-order valence-electron chi connectivity index (χ3n) is 4.76. The lowest BCUT2D eigenvalue weighted by Crippen LogP contribution is -2.40. The van der Waals surface area contributed by atoms with E-state index in [1.165, 1.54) is 50.7 Å². The summed E-state index contributed by atoms with van der Waals surface area (Å²) in [5.74, 6) is -0.882. The first-order chi connectivity index (χ1) is 14.8. The van der Waals surface area contributed by atoms with E-state index in [0.717, 1.165) is 19.4 Å². The molecular formula is C21H17N3O6S. The molecular weight excluding hydrogens is 422 g/mol. The van der Waals surface area contributed by atoms with E-state index in [4.69, 9.17) is 9.47 Å². The third-order valence-corrected chi connectivity index (χ3v) is 5.67. The third kappa shape index (κ3) is 3.46. The molecule has 0 bridgehead atoms. The van der Waals surface area contributed by atoms with Crippen LogP contribution in [0, 0.1) is 0 Å². The SMILES string of the molecule is COc1cc(C(=O)c2c(O)n(C)c(=O)n(C)c2=O)ccc1Oc1nc2ccccc2s1. The topological polar surface area (TPSA) is 113 Å². The second-order valence-corrected chi connectivity index (χ2v) is 7.64. The Labute approximate surface area is 179 Å². The highest BCUT2D eigenvalue weighted by Gasteiger charge is 2.24. The Kier molecular flexibility index (Phi) is 5.07. The highest BCUT2D eigenvalue weighted by atomic mass is 32.1. The molecule has 0 atom stereocenters. The molecule has 0 aliphatic carbocycles. The molecule has 2 aromatic heterocycles. The molecule has 0 radical (unpaired) electrons. The summed E-state index contributed by atoms with van der Waals surface area (Å²) in [4.78, 5) is 41.7. The van der Waals surface area contributed by atoms with Gasteiger partial charge in [-0.05, 0) is 30.3 Å². The Morgan fingerprint density at radius 3 is 2.52 bits per heavy atom. The zero-order valence-electron chi connectivity index (χ0n) is 16.8.